The first-order valence-electron chi connectivity index (χ1n) is 7.42. The van der Waals surface area contributed by atoms with Crippen LogP contribution in [0.5, 0.6) is 0 Å². The number of alkyl halides is 1. The van der Waals surface area contributed by atoms with Gasteiger partial charge < -0.3 is 4.90 Å². The number of rotatable bonds is 5. The smallest absolute Gasteiger partial charge is 0.299 e. The van der Waals surface area contributed by atoms with Crippen molar-refractivity contribution >= 4 is 33.3 Å². The third-order valence-corrected chi connectivity index (χ3v) is 5.88. The zero-order valence-electron chi connectivity index (χ0n) is 13.1. The number of ketones is 1. The lowest BCUT2D eigenvalue weighted by atomic mass is 9.84. The molecule has 0 aliphatic carbocycles. The van der Waals surface area contributed by atoms with Crippen LogP contribution in [-0.2, 0) is 4.79 Å². The molecule has 21 heavy (non-hydrogen) atoms. The Labute approximate surface area is 134 Å². The number of halogens is 1. The molecular formula is C17H22BrNO2. The van der Waals surface area contributed by atoms with Gasteiger partial charge in [0.1, 0.15) is 0 Å². The molecule has 0 N–H and O–H groups in total. The van der Waals surface area contributed by atoms with Crippen molar-refractivity contribution in [3.8, 4) is 0 Å². The Morgan fingerprint density at radius 3 is 2.29 bits per heavy atom. The highest BCUT2D eigenvalue weighted by Crippen LogP contribution is 2.37. The number of fused-ring (bicyclic) bond motifs is 1. The minimum atomic E-state index is -0.383. The zero-order chi connectivity index (χ0) is 15.8. The van der Waals surface area contributed by atoms with Crippen LogP contribution in [0.4, 0.5) is 5.69 Å². The van der Waals surface area contributed by atoms with Gasteiger partial charge in [0.15, 0.2) is 0 Å². The molecule has 0 saturated heterocycles. The maximum Gasteiger partial charge on any atom is 0.299 e. The lowest BCUT2D eigenvalue weighted by Crippen LogP contribution is -2.41. The molecule has 3 nitrogen and oxygen atoms in total. The van der Waals surface area contributed by atoms with E-state index < -0.39 is 0 Å². The van der Waals surface area contributed by atoms with Crippen LogP contribution in [0.2, 0.25) is 0 Å². The van der Waals surface area contributed by atoms with E-state index in [4.69, 9.17) is 0 Å². The van der Waals surface area contributed by atoms with Crippen LogP contribution >= 0.6 is 15.9 Å². The van der Waals surface area contributed by atoms with Crippen molar-refractivity contribution in [3.05, 3.63) is 28.8 Å². The largest absolute Gasteiger partial charge is 0.304 e. The molecule has 114 valence electrons. The summed E-state index contributed by atoms with van der Waals surface area (Å²) in [6.45, 7) is 8.75. The molecule has 0 aromatic heterocycles. The maximum absolute atomic E-state index is 12.4. The standard InChI is InChI=1S/C17H22BrNO2/c1-5-17(6-2,9-18)10-19-13-8-11(3)7-12(4)14(13)15(20)16(19)21/h7-8H,5-6,9-10H2,1-4H3. The van der Waals surface area contributed by atoms with Crippen LogP contribution < -0.4 is 4.90 Å². The maximum atomic E-state index is 12.4. The third kappa shape index (κ3) is 2.66. The SMILES string of the molecule is CCC(CC)(CBr)CN1C(=O)C(=O)c2c(C)cc(C)cc21. The van der Waals surface area contributed by atoms with Gasteiger partial charge in [-0.3, -0.25) is 9.59 Å². The lowest BCUT2D eigenvalue weighted by molar-refractivity contribution is -0.114. The van der Waals surface area contributed by atoms with E-state index in [1.807, 2.05) is 26.0 Å². The molecule has 4 heteroatoms. The summed E-state index contributed by atoms with van der Waals surface area (Å²) in [5.74, 6) is -0.746. The van der Waals surface area contributed by atoms with E-state index in [0.717, 1.165) is 35.0 Å². The summed E-state index contributed by atoms with van der Waals surface area (Å²) in [6, 6.07) is 3.92. The predicted molar refractivity (Wildman–Crippen MR) is 89.4 cm³/mol. The van der Waals surface area contributed by atoms with Gasteiger partial charge in [0, 0.05) is 11.9 Å². The van der Waals surface area contributed by atoms with Crippen LogP contribution in [0, 0.1) is 19.3 Å². The number of carbonyl (C=O) groups is 2. The molecular weight excluding hydrogens is 330 g/mol. The molecule has 0 saturated carbocycles. The number of hydrogen-bond acceptors (Lipinski definition) is 2. The number of aryl methyl sites for hydroxylation is 2. The summed E-state index contributed by atoms with van der Waals surface area (Å²) in [5, 5.41) is 0.825. The van der Waals surface area contributed by atoms with Gasteiger partial charge in [-0.15, -0.1) is 0 Å². The summed E-state index contributed by atoms with van der Waals surface area (Å²) >= 11 is 3.58. The van der Waals surface area contributed by atoms with E-state index in [1.165, 1.54) is 0 Å². The molecule has 0 fully saturated rings. The van der Waals surface area contributed by atoms with Gasteiger partial charge in [0.05, 0.1) is 11.3 Å². The summed E-state index contributed by atoms with van der Waals surface area (Å²) in [7, 11) is 0. The first-order chi connectivity index (χ1) is 9.89. The van der Waals surface area contributed by atoms with Crippen molar-refractivity contribution in [2.45, 2.75) is 40.5 Å². The number of anilines is 1. The second kappa shape index (κ2) is 5.91. The van der Waals surface area contributed by atoms with Crippen LogP contribution in [0.1, 0.15) is 48.2 Å². The highest BCUT2D eigenvalue weighted by Gasteiger charge is 2.40. The molecule has 1 aromatic carbocycles. The molecule has 1 aromatic rings. The normalized spacial score (nSPS) is 14.8. The van der Waals surface area contributed by atoms with Gasteiger partial charge in [-0.05, 0) is 49.3 Å². The number of hydrogen-bond donors (Lipinski definition) is 0. The van der Waals surface area contributed by atoms with Crippen molar-refractivity contribution in [1.82, 2.24) is 0 Å². The molecule has 0 bridgehead atoms. The van der Waals surface area contributed by atoms with Crippen LogP contribution in [-0.4, -0.2) is 23.6 Å². The number of carbonyl (C=O) groups excluding carboxylic acids is 2. The minimum Gasteiger partial charge on any atom is -0.304 e. The van der Waals surface area contributed by atoms with Gasteiger partial charge >= 0.3 is 0 Å². The topological polar surface area (TPSA) is 37.4 Å². The van der Waals surface area contributed by atoms with E-state index >= 15 is 0 Å². The average molecular weight is 352 g/mol. The first kappa shape index (κ1) is 16.2. The molecule has 1 aliphatic rings. The quantitative estimate of drug-likeness (QED) is 0.593. The number of nitrogens with zero attached hydrogens (tertiary/aromatic N) is 1. The Bertz CT molecular complexity index is 582. The van der Waals surface area contributed by atoms with Gasteiger partial charge in [0.2, 0.25) is 0 Å². The molecule has 2 rings (SSSR count). The van der Waals surface area contributed by atoms with Crippen molar-refractivity contribution in [2.24, 2.45) is 5.41 Å². The van der Waals surface area contributed by atoms with Crippen LogP contribution in [0.25, 0.3) is 0 Å². The predicted octanol–water partition coefficient (Wildman–Crippen LogP) is 4.03. The lowest BCUT2D eigenvalue weighted by Gasteiger charge is -2.34. The molecule has 0 spiro atoms. The highest BCUT2D eigenvalue weighted by molar-refractivity contribution is 9.09. The first-order valence-corrected chi connectivity index (χ1v) is 8.54. The van der Waals surface area contributed by atoms with Crippen molar-refractivity contribution in [2.75, 3.05) is 16.8 Å². The van der Waals surface area contributed by atoms with E-state index in [0.29, 0.717) is 12.1 Å². The summed E-state index contributed by atoms with van der Waals surface area (Å²) in [5.41, 5.74) is 3.35. The molecule has 1 amide bonds. The van der Waals surface area contributed by atoms with Crippen molar-refractivity contribution in [1.29, 1.82) is 0 Å². The minimum absolute atomic E-state index is 0.00913. The second-order valence-corrected chi connectivity index (χ2v) is 6.60. The van der Waals surface area contributed by atoms with Gasteiger partial charge in [0.25, 0.3) is 11.7 Å². The molecule has 0 unspecified atom stereocenters. The average Bonchev–Trinajstić information content (AvgIpc) is 2.69. The van der Waals surface area contributed by atoms with Crippen molar-refractivity contribution in [3.63, 3.8) is 0 Å². The van der Waals surface area contributed by atoms with Crippen LogP contribution in [0.15, 0.2) is 12.1 Å². The second-order valence-electron chi connectivity index (χ2n) is 6.04. The summed E-state index contributed by atoms with van der Waals surface area (Å²) in [4.78, 5) is 26.4. The van der Waals surface area contributed by atoms with Crippen LogP contribution in [0.3, 0.4) is 0 Å². The summed E-state index contributed by atoms with van der Waals surface area (Å²) < 4.78 is 0. The Morgan fingerprint density at radius 2 is 1.76 bits per heavy atom. The zero-order valence-corrected chi connectivity index (χ0v) is 14.7. The van der Waals surface area contributed by atoms with Gasteiger partial charge in [-0.2, -0.15) is 0 Å². The number of benzene rings is 1. The fraction of sp³-hybridized carbons (Fsp3) is 0.529. The van der Waals surface area contributed by atoms with Gasteiger partial charge in [-0.1, -0.05) is 35.8 Å². The van der Waals surface area contributed by atoms with E-state index in [2.05, 4.69) is 29.8 Å². The fourth-order valence-electron chi connectivity index (χ4n) is 2.99. The third-order valence-electron chi connectivity index (χ3n) is 4.69. The van der Waals surface area contributed by atoms with E-state index in [-0.39, 0.29) is 17.1 Å². The molecule has 1 aliphatic heterocycles. The Hall–Kier alpha value is -1.16. The Kier molecular flexibility index (Phi) is 4.57. The molecule has 1 heterocycles. The molecule has 0 atom stereocenters. The Morgan fingerprint density at radius 1 is 1.14 bits per heavy atom. The monoisotopic (exact) mass is 351 g/mol. The van der Waals surface area contributed by atoms with E-state index in [9.17, 15) is 9.59 Å². The fourth-order valence-corrected chi connectivity index (χ4v) is 3.96. The Balaban J connectivity index is 2.48. The molecule has 0 radical (unpaired) electrons. The van der Waals surface area contributed by atoms with E-state index in [1.54, 1.807) is 4.90 Å². The summed E-state index contributed by atoms with van der Waals surface area (Å²) in [6.07, 6.45) is 1.93. The number of Topliss-reactive ketones (excluding diaryl/α,β-unsaturated/α-hetero) is 1. The van der Waals surface area contributed by atoms with Gasteiger partial charge in [-0.25, -0.2) is 0 Å². The number of amides is 1. The van der Waals surface area contributed by atoms with Crippen molar-refractivity contribution < 1.29 is 9.59 Å². The highest BCUT2D eigenvalue weighted by atomic mass is 79.9.